The first-order valence-corrected chi connectivity index (χ1v) is 6.10. The second kappa shape index (κ2) is 5.16. The van der Waals surface area contributed by atoms with E-state index < -0.39 is 17.4 Å². The minimum absolute atomic E-state index is 0.0723. The fourth-order valence-corrected chi connectivity index (χ4v) is 2.14. The summed E-state index contributed by atoms with van der Waals surface area (Å²) in [6, 6.07) is 7.43. The minimum Gasteiger partial charge on any atom is -0.288 e. The van der Waals surface area contributed by atoms with Crippen LogP contribution in [0.15, 0.2) is 40.9 Å². The fraction of sp³-hybridized carbons (Fsp3) is 0. The number of hydrogen-bond donors (Lipinski definition) is 0. The first kappa shape index (κ1) is 13.2. The van der Waals surface area contributed by atoms with Gasteiger partial charge in [0.25, 0.3) is 0 Å². The highest BCUT2D eigenvalue weighted by Gasteiger charge is 2.15. The van der Waals surface area contributed by atoms with E-state index >= 15 is 0 Å². The topological polar surface area (TPSA) is 17.1 Å². The smallest absolute Gasteiger partial charge is 0.196 e. The van der Waals surface area contributed by atoms with Crippen LogP contribution in [0.1, 0.15) is 15.9 Å². The summed E-state index contributed by atoms with van der Waals surface area (Å²) in [5.41, 5.74) is -0.0694. The Morgan fingerprint density at radius 3 is 2.44 bits per heavy atom. The highest BCUT2D eigenvalue weighted by atomic mass is 79.9. The van der Waals surface area contributed by atoms with Gasteiger partial charge in [0.05, 0.1) is 5.56 Å². The number of rotatable bonds is 2. The molecule has 0 unspecified atom stereocenters. The van der Waals surface area contributed by atoms with Crippen molar-refractivity contribution in [2.45, 2.75) is 0 Å². The average molecular weight is 332 g/mol. The molecule has 2 rings (SSSR count). The van der Waals surface area contributed by atoms with Gasteiger partial charge in [-0.05, 0) is 36.4 Å². The van der Waals surface area contributed by atoms with Crippen LogP contribution < -0.4 is 0 Å². The molecule has 5 heteroatoms. The van der Waals surface area contributed by atoms with Crippen molar-refractivity contribution in [2.75, 3.05) is 0 Å². The molecule has 2 aromatic rings. The molecule has 0 aliphatic rings. The quantitative estimate of drug-likeness (QED) is 0.734. The van der Waals surface area contributed by atoms with Gasteiger partial charge in [-0.2, -0.15) is 0 Å². The van der Waals surface area contributed by atoms with Crippen molar-refractivity contribution >= 4 is 33.3 Å². The number of carbonyl (C=O) groups is 1. The van der Waals surface area contributed by atoms with Crippen molar-refractivity contribution in [1.29, 1.82) is 0 Å². The zero-order valence-corrected chi connectivity index (χ0v) is 11.2. The van der Waals surface area contributed by atoms with Crippen molar-refractivity contribution in [3.8, 4) is 0 Å². The largest absolute Gasteiger partial charge is 0.288 e. The molecule has 0 fully saturated rings. The molecular formula is C13H6BrClF2O. The van der Waals surface area contributed by atoms with Crippen LogP contribution in [0.3, 0.4) is 0 Å². The molecule has 0 amide bonds. The third kappa shape index (κ3) is 2.76. The summed E-state index contributed by atoms with van der Waals surface area (Å²) in [4.78, 5) is 12.0. The highest BCUT2D eigenvalue weighted by molar-refractivity contribution is 9.10. The van der Waals surface area contributed by atoms with Crippen molar-refractivity contribution in [3.05, 3.63) is 68.7 Å². The molecule has 0 aromatic heterocycles. The van der Waals surface area contributed by atoms with E-state index in [2.05, 4.69) is 15.9 Å². The number of carbonyl (C=O) groups excluding carboxylic acids is 1. The van der Waals surface area contributed by atoms with E-state index in [1.165, 1.54) is 24.3 Å². The predicted molar refractivity (Wildman–Crippen MR) is 68.9 cm³/mol. The van der Waals surface area contributed by atoms with E-state index in [0.717, 1.165) is 12.1 Å². The first-order chi connectivity index (χ1) is 8.47. The lowest BCUT2D eigenvalue weighted by atomic mass is 10.0. The lowest BCUT2D eigenvalue weighted by Crippen LogP contribution is -2.04. The van der Waals surface area contributed by atoms with E-state index in [4.69, 9.17) is 11.6 Å². The van der Waals surface area contributed by atoms with Crippen molar-refractivity contribution in [1.82, 2.24) is 0 Å². The normalized spacial score (nSPS) is 10.4. The van der Waals surface area contributed by atoms with Crippen LogP contribution in [0.4, 0.5) is 8.78 Å². The third-order valence-corrected chi connectivity index (χ3v) is 2.99. The lowest BCUT2D eigenvalue weighted by molar-refractivity contribution is 0.103. The maximum atomic E-state index is 13.6. The molecule has 0 spiro atoms. The zero-order valence-electron chi connectivity index (χ0n) is 8.88. The Labute approximate surface area is 116 Å². The van der Waals surface area contributed by atoms with E-state index in [0.29, 0.717) is 4.47 Å². The summed E-state index contributed by atoms with van der Waals surface area (Å²) in [5.74, 6) is -1.89. The molecule has 18 heavy (non-hydrogen) atoms. The van der Waals surface area contributed by atoms with Crippen molar-refractivity contribution < 1.29 is 13.6 Å². The number of benzene rings is 2. The molecule has 0 saturated heterocycles. The Morgan fingerprint density at radius 2 is 1.83 bits per heavy atom. The third-order valence-electron chi connectivity index (χ3n) is 2.30. The lowest BCUT2D eigenvalue weighted by Gasteiger charge is -2.04. The summed E-state index contributed by atoms with van der Waals surface area (Å²) in [6.45, 7) is 0. The number of ketones is 1. The van der Waals surface area contributed by atoms with Gasteiger partial charge in [-0.25, -0.2) is 8.78 Å². The SMILES string of the molecule is O=C(c1cc(F)cc(Br)c1)c1ccc(Cl)cc1F. The second-order valence-electron chi connectivity index (χ2n) is 3.61. The predicted octanol–water partition coefficient (Wildman–Crippen LogP) is 4.61. The Balaban J connectivity index is 2.47. The monoisotopic (exact) mass is 330 g/mol. The molecule has 0 atom stereocenters. The molecule has 2 aromatic carbocycles. The van der Waals surface area contributed by atoms with Gasteiger partial charge in [-0.1, -0.05) is 27.5 Å². The summed E-state index contributed by atoms with van der Waals surface area (Å²) in [5, 5.41) is 0.199. The standard InChI is InChI=1S/C13H6BrClF2O/c14-8-3-7(4-10(16)5-8)13(18)11-2-1-9(15)6-12(11)17/h1-6H. The van der Waals surface area contributed by atoms with Crippen LogP contribution in [-0.4, -0.2) is 5.78 Å². The average Bonchev–Trinajstić information content (AvgIpc) is 2.26. The van der Waals surface area contributed by atoms with Gasteiger partial charge in [0.1, 0.15) is 11.6 Å². The van der Waals surface area contributed by atoms with E-state index in [1.54, 1.807) is 0 Å². The Bertz CT molecular complexity index is 608. The van der Waals surface area contributed by atoms with Gasteiger partial charge in [-0.15, -0.1) is 0 Å². The maximum Gasteiger partial charge on any atom is 0.196 e. The molecule has 0 N–H and O–H groups in total. The van der Waals surface area contributed by atoms with Gasteiger partial charge in [-0.3, -0.25) is 4.79 Å². The van der Waals surface area contributed by atoms with Crippen LogP contribution in [0.2, 0.25) is 5.02 Å². The van der Waals surface area contributed by atoms with E-state index in [1.807, 2.05) is 0 Å². The van der Waals surface area contributed by atoms with Gasteiger partial charge < -0.3 is 0 Å². The molecular weight excluding hydrogens is 325 g/mol. The molecule has 1 nitrogen and oxygen atoms in total. The first-order valence-electron chi connectivity index (χ1n) is 4.93. The zero-order chi connectivity index (χ0) is 13.3. The van der Waals surface area contributed by atoms with Crippen LogP contribution in [0.25, 0.3) is 0 Å². The number of halogens is 4. The van der Waals surface area contributed by atoms with Crippen LogP contribution >= 0.6 is 27.5 Å². The van der Waals surface area contributed by atoms with Crippen molar-refractivity contribution in [3.63, 3.8) is 0 Å². The molecule has 0 bridgehead atoms. The Kier molecular flexibility index (Phi) is 3.78. The molecule has 0 aliphatic heterocycles. The van der Waals surface area contributed by atoms with Crippen LogP contribution in [0.5, 0.6) is 0 Å². The van der Waals surface area contributed by atoms with Gasteiger partial charge in [0.15, 0.2) is 5.78 Å². The maximum absolute atomic E-state index is 13.6. The van der Waals surface area contributed by atoms with Gasteiger partial charge >= 0.3 is 0 Å². The summed E-state index contributed by atoms with van der Waals surface area (Å²) in [7, 11) is 0. The Morgan fingerprint density at radius 1 is 1.11 bits per heavy atom. The molecule has 0 saturated carbocycles. The van der Waals surface area contributed by atoms with Crippen molar-refractivity contribution in [2.24, 2.45) is 0 Å². The summed E-state index contributed by atoms with van der Waals surface area (Å²) < 4.78 is 27.2. The van der Waals surface area contributed by atoms with Crippen LogP contribution in [-0.2, 0) is 0 Å². The molecule has 0 radical (unpaired) electrons. The van der Waals surface area contributed by atoms with Gasteiger partial charge in [0, 0.05) is 15.1 Å². The fourth-order valence-electron chi connectivity index (χ4n) is 1.51. The highest BCUT2D eigenvalue weighted by Crippen LogP contribution is 2.21. The molecule has 92 valence electrons. The molecule has 0 aliphatic carbocycles. The summed E-state index contributed by atoms with van der Waals surface area (Å²) >= 11 is 8.68. The number of hydrogen-bond acceptors (Lipinski definition) is 1. The van der Waals surface area contributed by atoms with Crippen LogP contribution in [0, 0.1) is 11.6 Å². The Hall–Kier alpha value is -1.26. The van der Waals surface area contributed by atoms with Gasteiger partial charge in [0.2, 0.25) is 0 Å². The molecule has 0 heterocycles. The summed E-state index contributed by atoms with van der Waals surface area (Å²) in [6.07, 6.45) is 0. The second-order valence-corrected chi connectivity index (χ2v) is 4.96. The minimum atomic E-state index is -0.729. The van der Waals surface area contributed by atoms with E-state index in [9.17, 15) is 13.6 Å². The van der Waals surface area contributed by atoms with E-state index in [-0.39, 0.29) is 16.1 Å².